The molecular weight excluding hydrogens is 356 g/mol. The highest BCUT2D eigenvalue weighted by atomic mass is 79.9. The van der Waals surface area contributed by atoms with Crippen LogP contribution in [0.1, 0.15) is 10.4 Å². The summed E-state index contributed by atoms with van der Waals surface area (Å²) in [6, 6.07) is 10.2. The van der Waals surface area contributed by atoms with Gasteiger partial charge in [0.15, 0.2) is 0 Å². The lowest BCUT2D eigenvalue weighted by Crippen LogP contribution is -2.27. The zero-order valence-corrected chi connectivity index (χ0v) is 13.7. The number of carbonyl (C=O) groups is 1. The number of carbonyl (C=O) groups excluding carboxylic acids is 1. The smallest absolute Gasteiger partial charge is 0.273 e. The summed E-state index contributed by atoms with van der Waals surface area (Å²) in [5, 5.41) is 10.9. The summed E-state index contributed by atoms with van der Waals surface area (Å²) in [5.74, 6) is -0.145. The molecule has 0 aliphatic rings. The number of benzene rings is 1. The second-order valence-electron chi connectivity index (χ2n) is 4.52. The summed E-state index contributed by atoms with van der Waals surface area (Å²) in [7, 11) is 1.70. The number of halogens is 1. The van der Waals surface area contributed by atoms with E-state index in [2.05, 4.69) is 15.9 Å². The van der Waals surface area contributed by atoms with Crippen LogP contribution >= 0.6 is 27.3 Å². The van der Waals surface area contributed by atoms with Gasteiger partial charge in [0.25, 0.3) is 5.69 Å². The van der Waals surface area contributed by atoms with Crippen molar-refractivity contribution < 1.29 is 9.72 Å². The van der Waals surface area contributed by atoms with Gasteiger partial charge in [0.1, 0.15) is 0 Å². The fraction of sp³-hybridized carbons (Fsp3) is 0.214. The van der Waals surface area contributed by atoms with Crippen LogP contribution in [0.25, 0.3) is 0 Å². The van der Waals surface area contributed by atoms with E-state index in [1.165, 1.54) is 6.07 Å². The topological polar surface area (TPSA) is 63.5 Å². The number of hydrogen-bond donors (Lipinski definition) is 0. The minimum absolute atomic E-state index is 0.0156. The highest BCUT2D eigenvalue weighted by molar-refractivity contribution is 9.11. The Morgan fingerprint density at radius 2 is 2.05 bits per heavy atom. The van der Waals surface area contributed by atoms with Gasteiger partial charge in [0.2, 0.25) is 5.91 Å². The molecule has 21 heavy (non-hydrogen) atoms. The molecule has 0 spiro atoms. The molecule has 0 bridgehead atoms. The number of rotatable bonds is 5. The summed E-state index contributed by atoms with van der Waals surface area (Å²) in [5.41, 5.74) is 0.421. The first-order chi connectivity index (χ1) is 9.97. The molecule has 2 aromatic rings. The Hall–Kier alpha value is -1.73. The molecule has 0 N–H and O–H groups in total. The molecule has 0 fully saturated rings. The van der Waals surface area contributed by atoms with Gasteiger partial charge < -0.3 is 4.90 Å². The van der Waals surface area contributed by atoms with E-state index >= 15 is 0 Å². The molecule has 5 nitrogen and oxygen atoms in total. The van der Waals surface area contributed by atoms with E-state index < -0.39 is 4.92 Å². The SMILES string of the molecule is CN(Cc1ccc(Br)s1)C(=O)Cc1ccccc1[N+](=O)[O-]. The number of nitro groups is 1. The number of likely N-dealkylation sites (N-methyl/N-ethyl adjacent to an activating group) is 1. The Bertz CT molecular complexity index is 672. The third-order valence-electron chi connectivity index (χ3n) is 2.98. The molecule has 0 aliphatic carbocycles. The first-order valence-electron chi connectivity index (χ1n) is 6.18. The quantitative estimate of drug-likeness (QED) is 0.597. The number of para-hydroxylation sites is 1. The molecule has 0 atom stereocenters. The van der Waals surface area contributed by atoms with Gasteiger partial charge in [-0.1, -0.05) is 18.2 Å². The highest BCUT2D eigenvalue weighted by Crippen LogP contribution is 2.23. The van der Waals surface area contributed by atoms with Gasteiger partial charge in [-0.25, -0.2) is 0 Å². The Morgan fingerprint density at radius 1 is 1.33 bits per heavy atom. The first kappa shape index (κ1) is 15.7. The van der Waals surface area contributed by atoms with E-state index in [4.69, 9.17) is 0 Å². The molecule has 110 valence electrons. The van der Waals surface area contributed by atoms with E-state index in [9.17, 15) is 14.9 Å². The maximum atomic E-state index is 12.2. The zero-order valence-electron chi connectivity index (χ0n) is 11.3. The van der Waals surface area contributed by atoms with Crippen LogP contribution in [0.3, 0.4) is 0 Å². The van der Waals surface area contributed by atoms with Gasteiger partial charge in [0.05, 0.1) is 21.7 Å². The second-order valence-corrected chi connectivity index (χ2v) is 7.07. The molecule has 1 heterocycles. The van der Waals surface area contributed by atoms with Crippen LogP contribution in [0.15, 0.2) is 40.2 Å². The minimum atomic E-state index is -0.459. The summed E-state index contributed by atoms with van der Waals surface area (Å²) < 4.78 is 1.01. The number of nitro benzene ring substituents is 1. The lowest BCUT2D eigenvalue weighted by Gasteiger charge is -2.16. The van der Waals surface area contributed by atoms with Gasteiger partial charge in [-0.15, -0.1) is 11.3 Å². The predicted molar refractivity (Wildman–Crippen MR) is 85.3 cm³/mol. The van der Waals surface area contributed by atoms with Crippen LogP contribution in [0, 0.1) is 10.1 Å². The van der Waals surface area contributed by atoms with Crippen molar-refractivity contribution in [2.75, 3.05) is 7.05 Å². The van der Waals surface area contributed by atoms with Crippen molar-refractivity contribution in [1.29, 1.82) is 0 Å². The average Bonchev–Trinajstić information content (AvgIpc) is 2.84. The maximum absolute atomic E-state index is 12.2. The molecular formula is C14H13BrN2O3S. The molecule has 1 amide bonds. The molecule has 1 aromatic carbocycles. The fourth-order valence-corrected chi connectivity index (χ4v) is 3.43. The summed E-state index contributed by atoms with van der Waals surface area (Å²) in [6.07, 6.45) is 0.0280. The molecule has 0 aliphatic heterocycles. The van der Waals surface area contributed by atoms with E-state index in [-0.39, 0.29) is 18.0 Å². The number of thiophene rings is 1. The molecule has 0 radical (unpaired) electrons. The predicted octanol–water partition coefficient (Wildman–Crippen LogP) is 3.62. The molecule has 2 rings (SSSR count). The monoisotopic (exact) mass is 368 g/mol. The van der Waals surface area contributed by atoms with Crippen LogP contribution in [0.5, 0.6) is 0 Å². The maximum Gasteiger partial charge on any atom is 0.273 e. The van der Waals surface area contributed by atoms with Crippen LogP contribution in [0.2, 0.25) is 0 Å². The Kier molecular flexibility index (Phi) is 5.08. The third-order valence-corrected chi connectivity index (χ3v) is 4.59. The van der Waals surface area contributed by atoms with Crippen molar-refractivity contribution in [2.45, 2.75) is 13.0 Å². The summed E-state index contributed by atoms with van der Waals surface area (Å²) >= 11 is 4.94. The number of nitrogens with zero attached hydrogens (tertiary/aromatic N) is 2. The van der Waals surface area contributed by atoms with Crippen LogP contribution in [0.4, 0.5) is 5.69 Å². The van der Waals surface area contributed by atoms with Crippen molar-refractivity contribution in [3.63, 3.8) is 0 Å². The van der Waals surface area contributed by atoms with Gasteiger partial charge in [-0.05, 0) is 28.1 Å². The van der Waals surface area contributed by atoms with Crippen molar-refractivity contribution in [3.8, 4) is 0 Å². The van der Waals surface area contributed by atoms with Crippen molar-refractivity contribution in [1.82, 2.24) is 4.90 Å². The lowest BCUT2D eigenvalue weighted by atomic mass is 10.1. The van der Waals surface area contributed by atoms with Crippen molar-refractivity contribution in [2.24, 2.45) is 0 Å². The molecule has 0 unspecified atom stereocenters. The Labute approximate surface area is 134 Å². The second kappa shape index (κ2) is 6.82. The number of hydrogen-bond acceptors (Lipinski definition) is 4. The molecule has 1 aromatic heterocycles. The average molecular weight is 369 g/mol. The first-order valence-corrected chi connectivity index (χ1v) is 7.79. The minimum Gasteiger partial charge on any atom is -0.340 e. The summed E-state index contributed by atoms with van der Waals surface area (Å²) in [4.78, 5) is 25.3. The van der Waals surface area contributed by atoms with Crippen molar-refractivity contribution >= 4 is 38.9 Å². The van der Waals surface area contributed by atoms with Crippen LogP contribution in [-0.2, 0) is 17.8 Å². The molecule has 7 heteroatoms. The van der Waals surface area contributed by atoms with Gasteiger partial charge in [-0.2, -0.15) is 0 Å². The Morgan fingerprint density at radius 3 is 2.67 bits per heavy atom. The summed E-state index contributed by atoms with van der Waals surface area (Å²) in [6.45, 7) is 0.496. The van der Waals surface area contributed by atoms with Crippen molar-refractivity contribution in [3.05, 3.63) is 60.7 Å². The zero-order chi connectivity index (χ0) is 15.4. The van der Waals surface area contributed by atoms with Crippen LogP contribution < -0.4 is 0 Å². The lowest BCUT2D eigenvalue weighted by molar-refractivity contribution is -0.385. The van der Waals surface area contributed by atoms with Gasteiger partial charge >= 0.3 is 0 Å². The molecule has 0 saturated heterocycles. The third kappa shape index (κ3) is 4.12. The van der Waals surface area contributed by atoms with Gasteiger partial charge in [0, 0.05) is 23.6 Å². The fourth-order valence-electron chi connectivity index (χ4n) is 1.89. The number of amides is 1. The largest absolute Gasteiger partial charge is 0.340 e. The Balaban J connectivity index is 2.05. The highest BCUT2D eigenvalue weighted by Gasteiger charge is 2.18. The van der Waals surface area contributed by atoms with E-state index in [0.717, 1.165) is 8.66 Å². The van der Waals surface area contributed by atoms with Gasteiger partial charge in [-0.3, -0.25) is 14.9 Å². The normalized spacial score (nSPS) is 10.4. The standard InChI is InChI=1S/C14H13BrN2O3S/c1-16(9-11-6-7-13(15)21-11)14(18)8-10-4-2-3-5-12(10)17(19)20/h2-7H,8-9H2,1H3. The van der Waals surface area contributed by atoms with E-state index in [1.54, 1.807) is 41.5 Å². The molecule has 0 saturated carbocycles. The van der Waals surface area contributed by atoms with E-state index in [1.807, 2.05) is 12.1 Å². The van der Waals surface area contributed by atoms with Crippen LogP contribution in [-0.4, -0.2) is 22.8 Å². The van der Waals surface area contributed by atoms with E-state index in [0.29, 0.717) is 12.1 Å².